The van der Waals surface area contributed by atoms with E-state index in [1.807, 2.05) is 26.1 Å². The highest BCUT2D eigenvalue weighted by molar-refractivity contribution is 7.09. The molecule has 0 bridgehead atoms. The molecule has 3 rings (SSSR count). The fraction of sp³-hybridized carbons (Fsp3) is 0.333. The van der Waals surface area contributed by atoms with Crippen LogP contribution in [0.25, 0.3) is 11.4 Å². The zero-order valence-electron chi connectivity index (χ0n) is 15.2. The second-order valence-electron chi connectivity index (χ2n) is 5.92. The van der Waals surface area contributed by atoms with Gasteiger partial charge < -0.3 is 10.2 Å². The van der Waals surface area contributed by atoms with Crippen LogP contribution in [0.15, 0.2) is 41.0 Å². The van der Waals surface area contributed by atoms with Crippen LogP contribution in [0.3, 0.4) is 0 Å². The smallest absolute Gasteiger partial charge is 0.194 e. The van der Waals surface area contributed by atoms with Gasteiger partial charge in [0.15, 0.2) is 11.8 Å². The number of aliphatic imine (C=N–C) groups is 1. The molecule has 2 aromatic heterocycles. The normalized spacial score (nSPS) is 11.6. The lowest BCUT2D eigenvalue weighted by Crippen LogP contribution is -2.38. The Kier molecular flexibility index (Phi) is 5.96. The lowest BCUT2D eigenvalue weighted by Gasteiger charge is -2.21. The van der Waals surface area contributed by atoms with Crippen LogP contribution in [0.4, 0.5) is 0 Å². The maximum Gasteiger partial charge on any atom is 0.194 e. The molecule has 8 heteroatoms. The summed E-state index contributed by atoms with van der Waals surface area (Å²) >= 11 is 1.67. The van der Waals surface area contributed by atoms with E-state index in [2.05, 4.69) is 54.8 Å². The lowest BCUT2D eigenvalue weighted by molar-refractivity contribution is 0.471. The van der Waals surface area contributed by atoms with Crippen LogP contribution < -0.4 is 5.32 Å². The summed E-state index contributed by atoms with van der Waals surface area (Å²) < 4.78 is 0. The zero-order valence-corrected chi connectivity index (χ0v) is 16.0. The van der Waals surface area contributed by atoms with Crippen LogP contribution in [-0.2, 0) is 13.1 Å². The van der Waals surface area contributed by atoms with Crippen LogP contribution in [0, 0.1) is 6.92 Å². The minimum absolute atomic E-state index is 0.588. The number of H-pyrrole nitrogens is 1. The third kappa shape index (κ3) is 4.66. The van der Waals surface area contributed by atoms with Crippen LogP contribution in [-0.4, -0.2) is 44.6 Å². The molecule has 0 unspecified atom stereocenters. The highest BCUT2D eigenvalue weighted by Gasteiger charge is 2.09. The van der Waals surface area contributed by atoms with Crippen LogP contribution in [0.1, 0.15) is 23.2 Å². The molecule has 2 heterocycles. The summed E-state index contributed by atoms with van der Waals surface area (Å²) in [6, 6.07) is 8.17. The third-order valence-corrected chi connectivity index (χ3v) is 4.61. The maximum atomic E-state index is 4.77. The van der Waals surface area contributed by atoms with Crippen LogP contribution in [0.2, 0.25) is 0 Å². The minimum Gasteiger partial charge on any atom is -0.357 e. The van der Waals surface area contributed by atoms with Gasteiger partial charge in [0.1, 0.15) is 6.33 Å². The van der Waals surface area contributed by atoms with Gasteiger partial charge in [-0.25, -0.2) is 15.0 Å². The lowest BCUT2D eigenvalue weighted by atomic mass is 10.1. The Morgan fingerprint density at radius 2 is 2.27 bits per heavy atom. The van der Waals surface area contributed by atoms with Gasteiger partial charge in [-0.1, -0.05) is 18.2 Å². The molecule has 7 nitrogen and oxygen atoms in total. The zero-order chi connectivity index (χ0) is 18.4. The number of nitrogens with zero attached hydrogens (tertiary/aromatic N) is 5. The van der Waals surface area contributed by atoms with E-state index in [1.165, 1.54) is 6.33 Å². The first-order chi connectivity index (χ1) is 12.7. The number of thiazole rings is 1. The molecule has 1 aromatic carbocycles. The number of nitrogens with one attached hydrogen (secondary N) is 2. The molecular weight excluding hydrogens is 346 g/mol. The van der Waals surface area contributed by atoms with Crippen molar-refractivity contribution in [1.82, 2.24) is 30.4 Å². The number of rotatable bonds is 6. The summed E-state index contributed by atoms with van der Waals surface area (Å²) in [5.41, 5.74) is 3.19. The first-order valence-corrected chi connectivity index (χ1v) is 9.38. The number of guanidine groups is 1. The molecule has 3 aromatic rings. The van der Waals surface area contributed by atoms with E-state index in [0.29, 0.717) is 6.54 Å². The topological polar surface area (TPSA) is 82.1 Å². The largest absolute Gasteiger partial charge is 0.357 e. The first-order valence-electron chi connectivity index (χ1n) is 8.51. The van der Waals surface area contributed by atoms with Crippen molar-refractivity contribution in [3.8, 4) is 11.4 Å². The number of hydrogen-bond donors (Lipinski definition) is 2. The van der Waals surface area contributed by atoms with Gasteiger partial charge >= 0.3 is 0 Å². The molecule has 0 saturated carbocycles. The summed E-state index contributed by atoms with van der Waals surface area (Å²) in [6.45, 7) is 6.23. The van der Waals surface area contributed by atoms with Crippen molar-refractivity contribution in [2.75, 3.05) is 13.6 Å². The Labute approximate surface area is 157 Å². The molecule has 0 atom stereocenters. The summed E-state index contributed by atoms with van der Waals surface area (Å²) in [5, 5.41) is 13.3. The van der Waals surface area contributed by atoms with Gasteiger partial charge in [-0.3, -0.25) is 5.10 Å². The van der Waals surface area contributed by atoms with E-state index in [1.54, 1.807) is 11.3 Å². The van der Waals surface area contributed by atoms with Crippen molar-refractivity contribution in [3.05, 3.63) is 52.2 Å². The first kappa shape index (κ1) is 18.1. The predicted octanol–water partition coefficient (Wildman–Crippen LogP) is 2.83. The summed E-state index contributed by atoms with van der Waals surface area (Å²) in [7, 11) is 2.03. The summed E-state index contributed by atoms with van der Waals surface area (Å²) in [5.74, 6) is 1.63. The molecule has 0 radical (unpaired) electrons. The maximum absolute atomic E-state index is 4.77. The number of aromatic nitrogens is 4. The molecule has 0 aliphatic carbocycles. The molecule has 0 aliphatic heterocycles. The van der Waals surface area contributed by atoms with E-state index in [0.717, 1.165) is 46.7 Å². The number of hydrogen-bond acceptors (Lipinski definition) is 5. The average Bonchev–Trinajstić information content (AvgIpc) is 3.31. The van der Waals surface area contributed by atoms with Gasteiger partial charge in [0.25, 0.3) is 0 Å². The van der Waals surface area contributed by atoms with E-state index in [4.69, 9.17) is 4.99 Å². The van der Waals surface area contributed by atoms with Crippen molar-refractivity contribution in [2.24, 2.45) is 4.99 Å². The Morgan fingerprint density at radius 1 is 1.38 bits per heavy atom. The van der Waals surface area contributed by atoms with Crippen molar-refractivity contribution < 1.29 is 0 Å². The Morgan fingerprint density at radius 3 is 2.96 bits per heavy atom. The molecule has 26 heavy (non-hydrogen) atoms. The number of aryl methyl sites for hydroxylation is 1. The molecule has 2 N–H and O–H groups in total. The Bertz CT molecular complexity index is 854. The third-order valence-electron chi connectivity index (χ3n) is 3.79. The van der Waals surface area contributed by atoms with E-state index in [-0.39, 0.29) is 0 Å². The van der Waals surface area contributed by atoms with E-state index in [9.17, 15) is 0 Å². The molecule has 0 spiro atoms. The Hall–Kier alpha value is -2.74. The number of benzene rings is 1. The highest BCUT2D eigenvalue weighted by atomic mass is 32.1. The second-order valence-corrected chi connectivity index (χ2v) is 6.98. The minimum atomic E-state index is 0.588. The van der Waals surface area contributed by atoms with Gasteiger partial charge in [0.05, 0.1) is 23.8 Å². The molecule has 0 saturated heterocycles. The summed E-state index contributed by atoms with van der Waals surface area (Å²) in [4.78, 5) is 15.6. The fourth-order valence-electron chi connectivity index (χ4n) is 2.60. The molecule has 0 amide bonds. The van der Waals surface area contributed by atoms with E-state index < -0.39 is 0 Å². The second kappa shape index (κ2) is 8.57. The molecule has 136 valence electrons. The van der Waals surface area contributed by atoms with Gasteiger partial charge in [-0.2, -0.15) is 5.10 Å². The van der Waals surface area contributed by atoms with Crippen molar-refractivity contribution in [1.29, 1.82) is 0 Å². The summed E-state index contributed by atoms with van der Waals surface area (Å²) in [6.07, 6.45) is 1.51. The SMILES string of the molecule is CCNC(=NCc1cccc(-c2ncn[nH]2)c1)N(C)Cc1csc(C)n1. The molecular formula is C18H23N7S. The standard InChI is InChI=1S/C18H23N7S/c1-4-19-18(25(3)10-16-11-26-13(2)23-16)20-9-14-6-5-7-15(8-14)17-21-12-22-24-17/h5-8,11-12H,4,9-10H2,1-3H3,(H,19,20)(H,21,22,24). The van der Waals surface area contributed by atoms with Crippen molar-refractivity contribution in [3.63, 3.8) is 0 Å². The number of aromatic amines is 1. The van der Waals surface area contributed by atoms with Crippen LogP contribution >= 0.6 is 11.3 Å². The van der Waals surface area contributed by atoms with E-state index >= 15 is 0 Å². The van der Waals surface area contributed by atoms with Gasteiger partial charge in [0, 0.05) is 24.5 Å². The van der Waals surface area contributed by atoms with Gasteiger partial charge in [-0.15, -0.1) is 11.3 Å². The average molecular weight is 369 g/mol. The highest BCUT2D eigenvalue weighted by Crippen LogP contribution is 2.16. The van der Waals surface area contributed by atoms with Gasteiger partial charge in [-0.05, 0) is 25.5 Å². The van der Waals surface area contributed by atoms with Crippen molar-refractivity contribution >= 4 is 17.3 Å². The monoisotopic (exact) mass is 369 g/mol. The molecule has 0 aliphatic rings. The molecule has 0 fully saturated rings. The van der Waals surface area contributed by atoms with Crippen LogP contribution in [0.5, 0.6) is 0 Å². The quantitative estimate of drug-likeness (QED) is 0.516. The predicted molar refractivity (Wildman–Crippen MR) is 105 cm³/mol. The van der Waals surface area contributed by atoms with Gasteiger partial charge in [0.2, 0.25) is 0 Å². The Balaban J connectivity index is 1.71. The van der Waals surface area contributed by atoms with Crippen molar-refractivity contribution in [2.45, 2.75) is 26.9 Å². The fourth-order valence-corrected chi connectivity index (χ4v) is 3.20.